The summed E-state index contributed by atoms with van der Waals surface area (Å²) in [6, 6.07) is 10.8. The van der Waals surface area contributed by atoms with Crippen LogP contribution >= 0.6 is 0 Å². The van der Waals surface area contributed by atoms with Crippen LogP contribution in [0.4, 0.5) is 5.82 Å². The zero-order valence-electron chi connectivity index (χ0n) is 14.9. The van der Waals surface area contributed by atoms with E-state index in [-0.39, 0.29) is 18.6 Å². The lowest BCUT2D eigenvalue weighted by Crippen LogP contribution is -2.14. The van der Waals surface area contributed by atoms with E-state index in [0.29, 0.717) is 23.0 Å². The SMILES string of the molecule is Cc1cccnc1NC(=O)c1ccc(OCc2nnnn2C(C)C)cc1. The van der Waals surface area contributed by atoms with Crippen molar-refractivity contribution in [3.8, 4) is 5.75 Å². The Bertz CT molecular complexity index is 889. The first-order chi connectivity index (χ1) is 12.5. The van der Waals surface area contributed by atoms with Crippen LogP contribution in [0.2, 0.25) is 0 Å². The number of carbonyl (C=O) groups is 1. The maximum absolute atomic E-state index is 12.3. The maximum Gasteiger partial charge on any atom is 0.256 e. The zero-order valence-corrected chi connectivity index (χ0v) is 14.9. The van der Waals surface area contributed by atoms with E-state index in [0.717, 1.165) is 5.56 Å². The minimum absolute atomic E-state index is 0.157. The summed E-state index contributed by atoms with van der Waals surface area (Å²) in [5, 5.41) is 14.4. The van der Waals surface area contributed by atoms with Gasteiger partial charge in [-0.25, -0.2) is 9.67 Å². The molecule has 1 amide bonds. The number of anilines is 1. The minimum atomic E-state index is -0.220. The first kappa shape index (κ1) is 17.5. The van der Waals surface area contributed by atoms with Gasteiger partial charge in [-0.1, -0.05) is 6.07 Å². The van der Waals surface area contributed by atoms with Crippen molar-refractivity contribution in [2.24, 2.45) is 0 Å². The number of hydrogen-bond donors (Lipinski definition) is 1. The molecule has 8 nitrogen and oxygen atoms in total. The third-order valence-electron chi connectivity index (χ3n) is 3.78. The van der Waals surface area contributed by atoms with Gasteiger partial charge in [0.1, 0.15) is 18.2 Å². The smallest absolute Gasteiger partial charge is 0.256 e. The molecule has 2 aromatic heterocycles. The average Bonchev–Trinajstić information content (AvgIpc) is 3.11. The van der Waals surface area contributed by atoms with E-state index in [2.05, 4.69) is 25.8 Å². The van der Waals surface area contributed by atoms with Crippen molar-refractivity contribution in [2.45, 2.75) is 33.4 Å². The minimum Gasteiger partial charge on any atom is -0.486 e. The van der Waals surface area contributed by atoms with E-state index in [4.69, 9.17) is 4.74 Å². The highest BCUT2D eigenvalue weighted by molar-refractivity contribution is 6.04. The standard InChI is InChI=1S/C18H20N6O2/c1-12(2)24-16(21-22-23-24)11-26-15-8-6-14(7-9-15)18(25)20-17-13(3)5-4-10-19-17/h4-10,12H,11H2,1-3H3,(H,19,20,25). The number of benzene rings is 1. The number of ether oxygens (including phenoxy) is 1. The first-order valence-corrected chi connectivity index (χ1v) is 8.27. The fraction of sp³-hybridized carbons (Fsp3) is 0.278. The van der Waals surface area contributed by atoms with Gasteiger partial charge in [-0.05, 0) is 67.1 Å². The second kappa shape index (κ2) is 7.73. The molecule has 0 aliphatic rings. The summed E-state index contributed by atoms with van der Waals surface area (Å²) in [6.45, 7) is 6.14. The summed E-state index contributed by atoms with van der Waals surface area (Å²) < 4.78 is 7.41. The Labute approximate surface area is 151 Å². The van der Waals surface area contributed by atoms with Crippen LogP contribution in [0.1, 0.15) is 41.6 Å². The lowest BCUT2D eigenvalue weighted by molar-refractivity contribution is 0.102. The highest BCUT2D eigenvalue weighted by atomic mass is 16.5. The van der Waals surface area contributed by atoms with Crippen LogP contribution in [-0.2, 0) is 6.61 Å². The Morgan fingerprint density at radius 3 is 2.69 bits per heavy atom. The molecular weight excluding hydrogens is 332 g/mol. The molecule has 0 aliphatic heterocycles. The maximum atomic E-state index is 12.3. The highest BCUT2D eigenvalue weighted by Gasteiger charge is 2.11. The third-order valence-corrected chi connectivity index (χ3v) is 3.78. The van der Waals surface area contributed by atoms with Crippen molar-refractivity contribution in [3.05, 3.63) is 59.5 Å². The van der Waals surface area contributed by atoms with Crippen molar-refractivity contribution in [1.29, 1.82) is 0 Å². The van der Waals surface area contributed by atoms with Crippen molar-refractivity contribution in [2.75, 3.05) is 5.32 Å². The summed E-state index contributed by atoms with van der Waals surface area (Å²) >= 11 is 0. The van der Waals surface area contributed by atoms with Crippen LogP contribution in [0.25, 0.3) is 0 Å². The number of rotatable bonds is 6. The lowest BCUT2D eigenvalue weighted by atomic mass is 10.2. The first-order valence-electron chi connectivity index (χ1n) is 8.27. The second-order valence-electron chi connectivity index (χ2n) is 6.07. The average molecular weight is 352 g/mol. The van der Waals surface area contributed by atoms with E-state index in [1.165, 1.54) is 0 Å². The predicted molar refractivity (Wildman–Crippen MR) is 95.9 cm³/mol. The summed E-state index contributed by atoms with van der Waals surface area (Å²) in [5.74, 6) is 1.61. The Hall–Kier alpha value is -3.29. The molecule has 0 saturated heterocycles. The number of aromatic nitrogens is 5. The molecule has 0 aliphatic carbocycles. The van der Waals surface area contributed by atoms with Crippen LogP contribution < -0.4 is 10.1 Å². The van der Waals surface area contributed by atoms with Crippen LogP contribution in [0, 0.1) is 6.92 Å². The van der Waals surface area contributed by atoms with Gasteiger partial charge in [-0.15, -0.1) is 5.10 Å². The van der Waals surface area contributed by atoms with Crippen molar-refractivity contribution in [1.82, 2.24) is 25.2 Å². The molecule has 0 spiro atoms. The molecular formula is C18H20N6O2. The number of aryl methyl sites for hydroxylation is 1. The summed E-state index contributed by atoms with van der Waals surface area (Å²) in [7, 11) is 0. The highest BCUT2D eigenvalue weighted by Crippen LogP contribution is 2.16. The van der Waals surface area contributed by atoms with E-state index < -0.39 is 0 Å². The van der Waals surface area contributed by atoms with E-state index in [1.807, 2.05) is 32.9 Å². The molecule has 0 unspecified atom stereocenters. The number of nitrogens with one attached hydrogen (secondary N) is 1. The molecule has 0 radical (unpaired) electrons. The van der Waals surface area contributed by atoms with Gasteiger partial charge < -0.3 is 10.1 Å². The number of tetrazole rings is 1. The number of amides is 1. The van der Waals surface area contributed by atoms with Gasteiger partial charge in [-0.2, -0.15) is 0 Å². The quantitative estimate of drug-likeness (QED) is 0.733. The van der Waals surface area contributed by atoms with Crippen molar-refractivity contribution in [3.63, 3.8) is 0 Å². The lowest BCUT2D eigenvalue weighted by Gasteiger charge is -2.10. The molecule has 3 rings (SSSR count). The van der Waals surface area contributed by atoms with Crippen molar-refractivity contribution < 1.29 is 9.53 Å². The van der Waals surface area contributed by atoms with Crippen LogP contribution in [0.15, 0.2) is 42.6 Å². The number of pyridine rings is 1. The normalized spacial score (nSPS) is 10.8. The molecule has 1 aromatic carbocycles. The zero-order chi connectivity index (χ0) is 18.5. The fourth-order valence-corrected chi connectivity index (χ4v) is 2.36. The van der Waals surface area contributed by atoms with Gasteiger partial charge in [0.15, 0.2) is 5.82 Å². The molecule has 134 valence electrons. The van der Waals surface area contributed by atoms with Crippen LogP contribution in [0.5, 0.6) is 5.75 Å². The molecule has 0 atom stereocenters. The predicted octanol–water partition coefficient (Wildman–Crippen LogP) is 2.79. The van der Waals surface area contributed by atoms with Crippen LogP contribution in [-0.4, -0.2) is 31.1 Å². The van der Waals surface area contributed by atoms with E-state index in [1.54, 1.807) is 35.1 Å². The summed E-state index contributed by atoms with van der Waals surface area (Å²) in [6.07, 6.45) is 1.64. The molecule has 0 fully saturated rings. The number of nitrogens with zero attached hydrogens (tertiary/aromatic N) is 5. The van der Waals surface area contributed by atoms with Crippen molar-refractivity contribution >= 4 is 11.7 Å². The topological polar surface area (TPSA) is 94.8 Å². The Balaban J connectivity index is 1.62. The summed E-state index contributed by atoms with van der Waals surface area (Å²) in [5.41, 5.74) is 1.43. The van der Waals surface area contributed by atoms with E-state index in [9.17, 15) is 4.79 Å². The van der Waals surface area contributed by atoms with Crippen LogP contribution in [0.3, 0.4) is 0 Å². The third kappa shape index (κ3) is 4.02. The van der Waals surface area contributed by atoms with Gasteiger partial charge in [0, 0.05) is 11.8 Å². The van der Waals surface area contributed by atoms with Gasteiger partial charge in [0.05, 0.1) is 6.04 Å². The largest absolute Gasteiger partial charge is 0.486 e. The molecule has 26 heavy (non-hydrogen) atoms. The summed E-state index contributed by atoms with van der Waals surface area (Å²) in [4.78, 5) is 16.5. The number of carbonyl (C=O) groups excluding carboxylic acids is 1. The van der Waals surface area contributed by atoms with Gasteiger partial charge in [-0.3, -0.25) is 4.79 Å². The Kier molecular flexibility index (Phi) is 5.21. The molecule has 0 saturated carbocycles. The van der Waals surface area contributed by atoms with Gasteiger partial charge in [0.25, 0.3) is 5.91 Å². The Morgan fingerprint density at radius 2 is 2.00 bits per heavy atom. The van der Waals surface area contributed by atoms with Gasteiger partial charge >= 0.3 is 0 Å². The van der Waals surface area contributed by atoms with E-state index >= 15 is 0 Å². The number of hydrogen-bond acceptors (Lipinski definition) is 6. The van der Waals surface area contributed by atoms with Gasteiger partial charge in [0.2, 0.25) is 0 Å². The molecule has 1 N–H and O–H groups in total. The fourth-order valence-electron chi connectivity index (χ4n) is 2.36. The molecule has 8 heteroatoms. The molecule has 3 aromatic rings. The molecule has 0 bridgehead atoms. The molecule has 2 heterocycles. The Morgan fingerprint density at radius 1 is 1.23 bits per heavy atom. The monoisotopic (exact) mass is 352 g/mol. The second-order valence-corrected chi connectivity index (χ2v) is 6.07.